The highest BCUT2D eigenvalue weighted by Gasteiger charge is 2.16. The van der Waals surface area contributed by atoms with E-state index in [0.29, 0.717) is 16.8 Å². The molecule has 0 bridgehead atoms. The van der Waals surface area contributed by atoms with Gasteiger partial charge in [-0.15, -0.1) is 0 Å². The molecule has 4 aromatic rings. The molecule has 1 saturated heterocycles. The molecule has 2 N–H and O–H groups in total. The van der Waals surface area contributed by atoms with Gasteiger partial charge in [0.2, 0.25) is 5.95 Å². The van der Waals surface area contributed by atoms with Crippen molar-refractivity contribution < 1.29 is 4.74 Å². The van der Waals surface area contributed by atoms with Gasteiger partial charge in [-0.2, -0.15) is 4.98 Å². The summed E-state index contributed by atoms with van der Waals surface area (Å²) in [6.45, 7) is 4.10. The molecule has 2 aromatic carbocycles. The van der Waals surface area contributed by atoms with Crippen molar-refractivity contribution in [2.45, 2.75) is 0 Å². The Morgan fingerprint density at radius 2 is 1.82 bits per heavy atom. The Hall–Kier alpha value is -3.62. The van der Waals surface area contributed by atoms with Crippen LogP contribution >= 0.6 is 11.6 Å². The summed E-state index contributed by atoms with van der Waals surface area (Å²) in [4.78, 5) is 18.1. The number of likely N-dealkylation sites (N-methyl/N-ethyl adjacent to an activating group) is 1. The lowest BCUT2D eigenvalue weighted by Gasteiger charge is -2.34. The SMILES string of the molecule is COc1cc(N2CCN(C)CC2)ccc1Nc1nccc(Nc2cnc3c(Cl)cccc3c2)n1. The average Bonchev–Trinajstić information content (AvgIpc) is 2.85. The van der Waals surface area contributed by atoms with Crippen LogP contribution < -0.4 is 20.3 Å². The minimum absolute atomic E-state index is 0.465. The molecule has 9 heteroatoms. The number of halogens is 1. The molecule has 174 valence electrons. The van der Waals surface area contributed by atoms with Crippen LogP contribution in [0.2, 0.25) is 5.02 Å². The number of benzene rings is 2. The maximum absolute atomic E-state index is 6.23. The number of anilines is 5. The van der Waals surface area contributed by atoms with Gasteiger partial charge in [0.1, 0.15) is 11.6 Å². The first kappa shape index (κ1) is 22.2. The van der Waals surface area contributed by atoms with Crippen LogP contribution in [0.5, 0.6) is 5.75 Å². The largest absolute Gasteiger partial charge is 0.494 e. The first-order valence-electron chi connectivity index (χ1n) is 11.1. The molecule has 3 heterocycles. The van der Waals surface area contributed by atoms with E-state index in [2.05, 4.69) is 54.6 Å². The van der Waals surface area contributed by atoms with Crippen molar-refractivity contribution in [3.63, 3.8) is 0 Å². The van der Waals surface area contributed by atoms with Crippen LogP contribution in [0.4, 0.5) is 28.8 Å². The Bertz CT molecular complexity index is 1310. The molecule has 1 aliphatic heterocycles. The third-order valence-electron chi connectivity index (χ3n) is 5.89. The molecule has 0 amide bonds. The van der Waals surface area contributed by atoms with E-state index in [0.717, 1.165) is 59.9 Å². The van der Waals surface area contributed by atoms with Gasteiger partial charge in [0.05, 0.1) is 35.2 Å². The van der Waals surface area contributed by atoms with E-state index >= 15 is 0 Å². The zero-order chi connectivity index (χ0) is 23.5. The predicted octanol–water partition coefficient (Wildman–Crippen LogP) is 4.93. The normalized spacial score (nSPS) is 14.3. The van der Waals surface area contributed by atoms with Crippen LogP contribution in [0.15, 0.2) is 60.9 Å². The molecule has 5 rings (SSSR count). The Morgan fingerprint density at radius 3 is 2.65 bits per heavy atom. The number of rotatable bonds is 6. The van der Waals surface area contributed by atoms with Gasteiger partial charge < -0.3 is 25.2 Å². The van der Waals surface area contributed by atoms with Gasteiger partial charge in [-0.25, -0.2) is 4.98 Å². The summed E-state index contributed by atoms with van der Waals surface area (Å²) < 4.78 is 5.66. The number of nitrogens with zero attached hydrogens (tertiary/aromatic N) is 5. The third kappa shape index (κ3) is 4.83. The lowest BCUT2D eigenvalue weighted by atomic mass is 10.2. The van der Waals surface area contributed by atoms with Crippen molar-refractivity contribution in [2.75, 3.05) is 55.9 Å². The maximum atomic E-state index is 6.23. The summed E-state index contributed by atoms with van der Waals surface area (Å²) in [5.41, 5.74) is 3.54. The molecule has 1 aliphatic rings. The second kappa shape index (κ2) is 9.70. The van der Waals surface area contributed by atoms with Gasteiger partial charge in [-0.1, -0.05) is 23.7 Å². The van der Waals surface area contributed by atoms with Crippen LogP contribution in [-0.2, 0) is 0 Å². The minimum atomic E-state index is 0.465. The fourth-order valence-electron chi connectivity index (χ4n) is 3.99. The minimum Gasteiger partial charge on any atom is -0.494 e. The maximum Gasteiger partial charge on any atom is 0.229 e. The fourth-order valence-corrected chi connectivity index (χ4v) is 4.22. The number of methoxy groups -OCH3 is 1. The standard InChI is InChI=1S/C25H26ClN7O/c1-32-10-12-33(13-11-32)19-6-7-21(22(15-19)34-2)30-25-27-9-8-23(31-25)29-18-14-17-4-3-5-20(26)24(17)28-16-18/h3-9,14-16H,10-13H2,1-2H3,(H2,27,29,30,31). The lowest BCUT2D eigenvalue weighted by molar-refractivity contribution is 0.312. The number of nitrogens with one attached hydrogen (secondary N) is 2. The van der Waals surface area contributed by atoms with E-state index in [9.17, 15) is 0 Å². The van der Waals surface area contributed by atoms with E-state index in [4.69, 9.17) is 16.3 Å². The molecule has 8 nitrogen and oxygen atoms in total. The quantitative estimate of drug-likeness (QED) is 0.406. The highest BCUT2D eigenvalue weighted by atomic mass is 35.5. The van der Waals surface area contributed by atoms with Gasteiger partial charge >= 0.3 is 0 Å². The van der Waals surface area contributed by atoms with Crippen molar-refractivity contribution in [2.24, 2.45) is 0 Å². The zero-order valence-electron chi connectivity index (χ0n) is 19.1. The molecule has 0 atom stereocenters. The number of hydrogen-bond donors (Lipinski definition) is 2. The van der Waals surface area contributed by atoms with E-state index in [-0.39, 0.29) is 0 Å². The van der Waals surface area contributed by atoms with E-state index in [1.54, 1.807) is 25.6 Å². The Balaban J connectivity index is 1.33. The molecule has 1 fully saturated rings. The van der Waals surface area contributed by atoms with E-state index < -0.39 is 0 Å². The van der Waals surface area contributed by atoms with Gasteiger partial charge in [0, 0.05) is 49.5 Å². The van der Waals surface area contributed by atoms with Crippen LogP contribution in [0.1, 0.15) is 0 Å². The lowest BCUT2D eigenvalue weighted by Crippen LogP contribution is -2.44. The molecular formula is C25H26ClN7O. The first-order chi connectivity index (χ1) is 16.6. The summed E-state index contributed by atoms with van der Waals surface area (Å²) in [6, 6.07) is 15.7. The Morgan fingerprint density at radius 1 is 0.971 bits per heavy atom. The smallest absolute Gasteiger partial charge is 0.229 e. The molecule has 0 saturated carbocycles. The summed E-state index contributed by atoms with van der Waals surface area (Å²) in [7, 11) is 3.83. The van der Waals surface area contributed by atoms with Crippen molar-refractivity contribution >= 4 is 51.3 Å². The third-order valence-corrected chi connectivity index (χ3v) is 6.19. The molecule has 0 radical (unpaired) electrons. The van der Waals surface area contributed by atoms with Gasteiger partial charge in [-0.05, 0) is 37.4 Å². The van der Waals surface area contributed by atoms with Gasteiger partial charge in [0.15, 0.2) is 0 Å². The molecule has 0 spiro atoms. The number of fused-ring (bicyclic) bond motifs is 1. The van der Waals surface area contributed by atoms with Gasteiger partial charge in [0.25, 0.3) is 0 Å². The Labute approximate surface area is 203 Å². The number of pyridine rings is 1. The molecule has 0 aliphatic carbocycles. The Kier molecular flexibility index (Phi) is 6.33. The van der Waals surface area contributed by atoms with Crippen molar-refractivity contribution in [1.82, 2.24) is 19.9 Å². The summed E-state index contributed by atoms with van der Waals surface area (Å²) in [5.74, 6) is 1.86. The van der Waals surface area contributed by atoms with Crippen LogP contribution in [-0.4, -0.2) is 60.2 Å². The van der Waals surface area contributed by atoms with Crippen molar-refractivity contribution in [3.8, 4) is 5.75 Å². The molecule has 34 heavy (non-hydrogen) atoms. The molecule has 2 aromatic heterocycles. The van der Waals surface area contributed by atoms with Gasteiger partial charge in [-0.3, -0.25) is 4.98 Å². The monoisotopic (exact) mass is 475 g/mol. The van der Waals surface area contributed by atoms with Crippen molar-refractivity contribution in [3.05, 3.63) is 65.9 Å². The number of ether oxygens (including phenoxy) is 1. The van der Waals surface area contributed by atoms with E-state index in [1.165, 1.54) is 0 Å². The van der Waals surface area contributed by atoms with Crippen LogP contribution in [0.25, 0.3) is 10.9 Å². The summed E-state index contributed by atoms with van der Waals surface area (Å²) in [6.07, 6.45) is 3.44. The number of piperazine rings is 1. The zero-order valence-corrected chi connectivity index (χ0v) is 19.9. The van der Waals surface area contributed by atoms with Crippen LogP contribution in [0, 0.1) is 0 Å². The molecule has 0 unspecified atom stereocenters. The molecular weight excluding hydrogens is 450 g/mol. The first-order valence-corrected chi connectivity index (χ1v) is 11.5. The number of para-hydroxylation sites is 1. The number of aromatic nitrogens is 3. The summed E-state index contributed by atoms with van der Waals surface area (Å²) in [5, 5.41) is 8.15. The predicted molar refractivity (Wildman–Crippen MR) is 138 cm³/mol. The second-order valence-electron chi connectivity index (χ2n) is 8.23. The van der Waals surface area contributed by atoms with Crippen LogP contribution in [0.3, 0.4) is 0 Å². The summed E-state index contributed by atoms with van der Waals surface area (Å²) >= 11 is 6.23. The number of hydrogen-bond acceptors (Lipinski definition) is 8. The highest BCUT2D eigenvalue weighted by molar-refractivity contribution is 6.35. The highest BCUT2D eigenvalue weighted by Crippen LogP contribution is 2.32. The fraction of sp³-hybridized carbons (Fsp3) is 0.240. The second-order valence-corrected chi connectivity index (χ2v) is 8.63. The topological polar surface area (TPSA) is 78.4 Å². The van der Waals surface area contributed by atoms with E-state index in [1.807, 2.05) is 30.3 Å². The average molecular weight is 476 g/mol. The van der Waals surface area contributed by atoms with Crippen molar-refractivity contribution in [1.29, 1.82) is 0 Å².